The molecule has 1 aromatic rings. The number of ether oxygens (including phenoxy) is 1. The van der Waals surface area contributed by atoms with Crippen LogP contribution < -0.4 is 5.73 Å². The molecule has 5 nitrogen and oxygen atoms in total. The third kappa shape index (κ3) is 4.18. The molecule has 0 saturated heterocycles. The Morgan fingerprint density at radius 2 is 2.21 bits per heavy atom. The minimum absolute atomic E-state index is 0.260. The molecule has 0 aliphatic heterocycles. The Morgan fingerprint density at radius 3 is 2.68 bits per heavy atom. The smallest absolute Gasteiger partial charge is 0.0936 e. The van der Waals surface area contributed by atoms with E-state index in [2.05, 4.69) is 5.10 Å². The quantitative estimate of drug-likeness (QED) is 0.756. The highest BCUT2D eigenvalue weighted by atomic mass is 35.5. The van der Waals surface area contributed by atoms with Crippen LogP contribution in [0.1, 0.15) is 31.2 Å². The lowest BCUT2D eigenvalue weighted by atomic mass is 9.92. The Hall–Kier alpha value is -0.620. The largest absolute Gasteiger partial charge is 0.387 e. The summed E-state index contributed by atoms with van der Waals surface area (Å²) in [5.41, 5.74) is 6.27. The first kappa shape index (κ1) is 16.4. The van der Waals surface area contributed by atoms with Crippen LogP contribution in [0.2, 0.25) is 5.02 Å². The average molecular weight is 290 g/mol. The standard InChI is InChI=1S/C13H24ClN3O2/c1-4-10-12(14)11(17(2)16-10)8-13(18,9-19-3)6-5-7-15/h18H,4-9,15H2,1-3H3. The molecule has 6 heteroatoms. The highest BCUT2D eigenvalue weighted by Crippen LogP contribution is 2.27. The topological polar surface area (TPSA) is 73.3 Å². The monoisotopic (exact) mass is 289 g/mol. The van der Waals surface area contributed by atoms with Crippen molar-refractivity contribution in [1.29, 1.82) is 0 Å². The summed E-state index contributed by atoms with van der Waals surface area (Å²) in [7, 11) is 3.42. The summed E-state index contributed by atoms with van der Waals surface area (Å²) in [4.78, 5) is 0. The molecular formula is C13H24ClN3O2. The van der Waals surface area contributed by atoms with Crippen molar-refractivity contribution in [2.75, 3.05) is 20.3 Å². The highest BCUT2D eigenvalue weighted by molar-refractivity contribution is 6.31. The van der Waals surface area contributed by atoms with E-state index in [1.807, 2.05) is 14.0 Å². The van der Waals surface area contributed by atoms with Gasteiger partial charge in [0, 0.05) is 20.6 Å². The van der Waals surface area contributed by atoms with Gasteiger partial charge in [-0.1, -0.05) is 18.5 Å². The maximum absolute atomic E-state index is 10.6. The van der Waals surface area contributed by atoms with Gasteiger partial charge in [0.1, 0.15) is 0 Å². The van der Waals surface area contributed by atoms with E-state index in [-0.39, 0.29) is 6.61 Å². The summed E-state index contributed by atoms with van der Waals surface area (Å²) in [6.45, 7) is 2.81. The van der Waals surface area contributed by atoms with E-state index in [0.717, 1.165) is 24.2 Å². The first-order chi connectivity index (χ1) is 8.97. The van der Waals surface area contributed by atoms with Crippen LogP contribution in [0.25, 0.3) is 0 Å². The Kier molecular flexibility index (Phi) is 6.26. The fraction of sp³-hybridized carbons (Fsp3) is 0.769. The summed E-state index contributed by atoms with van der Waals surface area (Å²) in [5, 5.41) is 15.7. The number of nitrogens with two attached hydrogens (primary N) is 1. The van der Waals surface area contributed by atoms with Gasteiger partial charge in [-0.2, -0.15) is 5.10 Å². The molecule has 19 heavy (non-hydrogen) atoms. The minimum atomic E-state index is -0.948. The number of hydrogen-bond acceptors (Lipinski definition) is 4. The van der Waals surface area contributed by atoms with E-state index in [1.165, 1.54) is 0 Å². The van der Waals surface area contributed by atoms with Gasteiger partial charge in [0.15, 0.2) is 0 Å². The molecule has 0 aromatic carbocycles. The van der Waals surface area contributed by atoms with Gasteiger partial charge in [-0.15, -0.1) is 0 Å². The van der Waals surface area contributed by atoms with Crippen LogP contribution in [0.15, 0.2) is 0 Å². The summed E-state index contributed by atoms with van der Waals surface area (Å²) < 4.78 is 6.87. The summed E-state index contributed by atoms with van der Waals surface area (Å²) in [6.07, 6.45) is 2.53. The number of aryl methyl sites for hydroxylation is 2. The predicted octanol–water partition coefficient (Wildman–Crippen LogP) is 1.29. The molecule has 1 heterocycles. The van der Waals surface area contributed by atoms with Gasteiger partial charge in [0.05, 0.1) is 28.6 Å². The van der Waals surface area contributed by atoms with Gasteiger partial charge in [-0.25, -0.2) is 0 Å². The number of methoxy groups -OCH3 is 1. The average Bonchev–Trinajstić information content (AvgIpc) is 2.64. The number of rotatable bonds is 8. The Labute approximate surface area is 119 Å². The van der Waals surface area contributed by atoms with Gasteiger partial charge in [0.2, 0.25) is 0 Å². The molecule has 0 fully saturated rings. The van der Waals surface area contributed by atoms with Crippen LogP contribution in [-0.4, -0.2) is 40.7 Å². The molecule has 110 valence electrons. The predicted molar refractivity (Wildman–Crippen MR) is 76.4 cm³/mol. The second-order valence-electron chi connectivity index (χ2n) is 4.91. The fourth-order valence-electron chi connectivity index (χ4n) is 2.23. The lowest BCUT2D eigenvalue weighted by molar-refractivity contribution is -0.0386. The van der Waals surface area contributed by atoms with Crippen LogP contribution in [0, 0.1) is 0 Å². The van der Waals surface area contributed by atoms with Gasteiger partial charge in [0.25, 0.3) is 0 Å². The molecule has 0 bridgehead atoms. The normalized spacial score (nSPS) is 14.6. The molecular weight excluding hydrogens is 266 g/mol. The van der Waals surface area contributed by atoms with Crippen molar-refractivity contribution < 1.29 is 9.84 Å². The Morgan fingerprint density at radius 1 is 1.53 bits per heavy atom. The van der Waals surface area contributed by atoms with Crippen LogP contribution in [0.3, 0.4) is 0 Å². The van der Waals surface area contributed by atoms with E-state index < -0.39 is 5.60 Å². The molecule has 0 aliphatic rings. The van der Waals surface area contributed by atoms with Crippen molar-refractivity contribution in [1.82, 2.24) is 9.78 Å². The van der Waals surface area contributed by atoms with E-state index in [9.17, 15) is 5.11 Å². The highest BCUT2D eigenvalue weighted by Gasteiger charge is 2.30. The van der Waals surface area contributed by atoms with Crippen molar-refractivity contribution in [3.8, 4) is 0 Å². The second-order valence-corrected chi connectivity index (χ2v) is 5.29. The lowest BCUT2D eigenvalue weighted by Gasteiger charge is -2.27. The molecule has 1 atom stereocenters. The van der Waals surface area contributed by atoms with Crippen molar-refractivity contribution >= 4 is 11.6 Å². The third-order valence-corrected chi connectivity index (χ3v) is 3.70. The molecule has 1 aromatic heterocycles. The zero-order valence-corrected chi connectivity index (χ0v) is 12.7. The summed E-state index contributed by atoms with van der Waals surface area (Å²) in [6, 6.07) is 0. The molecule has 3 N–H and O–H groups in total. The summed E-state index contributed by atoms with van der Waals surface area (Å²) in [5.74, 6) is 0. The Bertz CT molecular complexity index is 409. The zero-order valence-electron chi connectivity index (χ0n) is 11.9. The maximum atomic E-state index is 10.6. The van der Waals surface area contributed by atoms with Gasteiger partial charge >= 0.3 is 0 Å². The molecule has 1 unspecified atom stereocenters. The van der Waals surface area contributed by atoms with Gasteiger partial charge in [-0.3, -0.25) is 4.68 Å². The zero-order chi connectivity index (χ0) is 14.5. The molecule has 1 rings (SSSR count). The van der Waals surface area contributed by atoms with Gasteiger partial charge < -0.3 is 15.6 Å². The van der Waals surface area contributed by atoms with E-state index in [0.29, 0.717) is 24.4 Å². The molecule has 0 saturated carbocycles. The molecule has 0 aliphatic carbocycles. The van der Waals surface area contributed by atoms with Crippen LogP contribution in [0.5, 0.6) is 0 Å². The van der Waals surface area contributed by atoms with Crippen LogP contribution in [-0.2, 0) is 24.6 Å². The van der Waals surface area contributed by atoms with Crippen molar-refractivity contribution in [3.63, 3.8) is 0 Å². The molecule has 0 spiro atoms. The first-order valence-electron chi connectivity index (χ1n) is 6.59. The number of aromatic nitrogens is 2. The van der Waals surface area contributed by atoms with Gasteiger partial charge in [-0.05, 0) is 25.8 Å². The van der Waals surface area contributed by atoms with Crippen molar-refractivity contribution in [2.24, 2.45) is 12.8 Å². The van der Waals surface area contributed by atoms with E-state index >= 15 is 0 Å². The van der Waals surface area contributed by atoms with E-state index in [4.69, 9.17) is 22.1 Å². The first-order valence-corrected chi connectivity index (χ1v) is 6.97. The van der Waals surface area contributed by atoms with Crippen LogP contribution >= 0.6 is 11.6 Å². The second kappa shape index (κ2) is 7.24. The number of halogens is 1. The van der Waals surface area contributed by atoms with Crippen LogP contribution in [0.4, 0.5) is 0 Å². The Balaban J connectivity index is 2.92. The maximum Gasteiger partial charge on any atom is 0.0936 e. The van der Waals surface area contributed by atoms with Crippen molar-refractivity contribution in [2.45, 2.75) is 38.2 Å². The fourth-order valence-corrected chi connectivity index (χ4v) is 2.60. The molecule has 0 radical (unpaired) electrons. The lowest BCUT2D eigenvalue weighted by Crippen LogP contribution is -2.38. The summed E-state index contributed by atoms with van der Waals surface area (Å²) >= 11 is 6.31. The number of hydrogen-bond donors (Lipinski definition) is 2. The van der Waals surface area contributed by atoms with Crippen molar-refractivity contribution in [3.05, 3.63) is 16.4 Å². The van der Waals surface area contributed by atoms with E-state index in [1.54, 1.807) is 11.8 Å². The molecule has 0 amide bonds. The number of aliphatic hydroxyl groups is 1. The minimum Gasteiger partial charge on any atom is -0.387 e. The number of nitrogens with zero attached hydrogens (tertiary/aromatic N) is 2. The third-order valence-electron chi connectivity index (χ3n) is 3.26. The SMILES string of the molecule is CCc1nn(C)c(CC(O)(CCCN)COC)c1Cl.